The van der Waals surface area contributed by atoms with Crippen LogP contribution >= 0.6 is 0 Å². The maximum atomic E-state index is 9.77. The average Bonchev–Trinajstić information content (AvgIpc) is 3.15. The van der Waals surface area contributed by atoms with Crippen LogP contribution in [-0.4, -0.2) is 9.55 Å². The second kappa shape index (κ2) is 7.31. The van der Waals surface area contributed by atoms with Gasteiger partial charge in [-0.25, -0.2) is 4.98 Å². The number of allylic oxidation sites excluding steroid dienone is 3. The van der Waals surface area contributed by atoms with Gasteiger partial charge in [0.15, 0.2) is 0 Å². The second-order valence-corrected chi connectivity index (χ2v) is 8.00. The van der Waals surface area contributed by atoms with E-state index in [1.807, 2.05) is 13.8 Å². The fraction of sp³-hybridized carbons (Fsp3) is 0.192. The van der Waals surface area contributed by atoms with Crippen molar-refractivity contribution in [3.63, 3.8) is 0 Å². The monoisotopic (exact) mass is 405 g/mol. The highest BCUT2D eigenvalue weighted by Crippen LogP contribution is 2.44. The van der Waals surface area contributed by atoms with Crippen LogP contribution in [0.25, 0.3) is 22.9 Å². The number of rotatable bonds is 2. The number of nitrogens with zero attached hydrogens (tertiary/aromatic N) is 4. The van der Waals surface area contributed by atoms with Crippen molar-refractivity contribution >= 4 is 23.0 Å². The number of anilines is 1. The first-order chi connectivity index (χ1) is 14.8. The number of aryl methyl sites for hydroxylation is 2. The quantitative estimate of drug-likeness (QED) is 0.617. The van der Waals surface area contributed by atoms with E-state index in [2.05, 4.69) is 78.9 Å². The molecule has 0 unspecified atom stereocenters. The highest BCUT2D eigenvalue weighted by atomic mass is 15.0. The minimum atomic E-state index is 0.165. The van der Waals surface area contributed by atoms with E-state index in [1.54, 1.807) is 0 Å². The molecule has 0 bridgehead atoms. The van der Waals surface area contributed by atoms with Crippen LogP contribution < -0.4 is 5.73 Å². The van der Waals surface area contributed by atoms with Gasteiger partial charge in [0.1, 0.15) is 18.0 Å². The molecule has 152 valence electrons. The predicted molar refractivity (Wildman–Crippen MR) is 124 cm³/mol. The zero-order valence-corrected chi connectivity index (χ0v) is 18.3. The summed E-state index contributed by atoms with van der Waals surface area (Å²) >= 11 is 0. The van der Waals surface area contributed by atoms with E-state index in [1.165, 1.54) is 5.56 Å². The Morgan fingerprint density at radius 3 is 2.42 bits per heavy atom. The van der Waals surface area contributed by atoms with Crippen LogP contribution in [-0.2, 0) is 0 Å². The number of fused-ring (bicyclic) bond motifs is 1. The second-order valence-electron chi connectivity index (χ2n) is 8.00. The van der Waals surface area contributed by atoms with Gasteiger partial charge in [-0.15, -0.1) is 0 Å². The van der Waals surface area contributed by atoms with Crippen LogP contribution in [0.5, 0.6) is 0 Å². The van der Waals surface area contributed by atoms with Crippen LogP contribution in [0.1, 0.15) is 51.8 Å². The molecule has 0 amide bonds. The standard InChI is InChI=1S/C26H23N5/c1-14-7-6-8-20(9-14)31-15(2)10-19(18(31)5)11-21-16(3)22(12-27)25-24(21)17(4)23(13-28)26(29)30-25/h6-11H,1-5H3,(H2,29,30)/b21-11-. The largest absolute Gasteiger partial charge is 0.383 e. The first kappa shape index (κ1) is 20.2. The Balaban J connectivity index is 1.96. The van der Waals surface area contributed by atoms with Crippen molar-refractivity contribution in [2.75, 3.05) is 5.73 Å². The van der Waals surface area contributed by atoms with Crippen molar-refractivity contribution in [1.82, 2.24) is 9.55 Å². The van der Waals surface area contributed by atoms with Crippen LogP contribution in [0.15, 0.2) is 35.9 Å². The van der Waals surface area contributed by atoms with E-state index >= 15 is 0 Å². The predicted octanol–water partition coefficient (Wildman–Crippen LogP) is 5.41. The number of nitriles is 2. The molecular weight excluding hydrogens is 382 g/mol. The molecule has 2 N–H and O–H groups in total. The van der Waals surface area contributed by atoms with Gasteiger partial charge in [0.25, 0.3) is 0 Å². The van der Waals surface area contributed by atoms with Crippen LogP contribution in [0, 0.1) is 50.4 Å². The average molecular weight is 406 g/mol. The maximum Gasteiger partial charge on any atom is 0.142 e. The summed E-state index contributed by atoms with van der Waals surface area (Å²) in [6, 6.07) is 15.0. The molecule has 0 fully saturated rings. The van der Waals surface area contributed by atoms with Gasteiger partial charge in [-0.2, -0.15) is 10.5 Å². The lowest BCUT2D eigenvalue weighted by molar-refractivity contribution is 0.962. The highest BCUT2D eigenvalue weighted by Gasteiger charge is 2.30. The van der Waals surface area contributed by atoms with Gasteiger partial charge < -0.3 is 10.3 Å². The van der Waals surface area contributed by atoms with Crippen molar-refractivity contribution in [3.8, 4) is 17.8 Å². The fourth-order valence-corrected chi connectivity index (χ4v) is 4.45. The molecule has 0 saturated carbocycles. The van der Waals surface area contributed by atoms with Crippen LogP contribution in [0.2, 0.25) is 0 Å². The van der Waals surface area contributed by atoms with Crippen molar-refractivity contribution in [2.45, 2.75) is 34.6 Å². The van der Waals surface area contributed by atoms with E-state index in [4.69, 9.17) is 5.73 Å². The zero-order chi connectivity index (χ0) is 22.4. The molecule has 0 atom stereocenters. The van der Waals surface area contributed by atoms with E-state index in [0.29, 0.717) is 16.8 Å². The molecule has 1 aliphatic carbocycles. The minimum Gasteiger partial charge on any atom is -0.383 e. The molecule has 1 aliphatic rings. The van der Waals surface area contributed by atoms with Crippen molar-refractivity contribution in [2.24, 2.45) is 0 Å². The Bertz CT molecular complexity index is 1400. The SMILES string of the molecule is CC1=C(C#N)c2nc(N)c(C#N)c(C)c2/C1=C\c1cc(C)n(-c2cccc(C)c2)c1C. The summed E-state index contributed by atoms with van der Waals surface area (Å²) in [5, 5.41) is 19.3. The highest BCUT2D eigenvalue weighted by molar-refractivity contribution is 6.08. The summed E-state index contributed by atoms with van der Waals surface area (Å²) in [6.07, 6.45) is 2.10. The minimum absolute atomic E-state index is 0.165. The van der Waals surface area contributed by atoms with E-state index < -0.39 is 0 Å². The molecule has 0 aliphatic heterocycles. The maximum absolute atomic E-state index is 9.77. The summed E-state index contributed by atoms with van der Waals surface area (Å²) in [5.41, 5.74) is 16.4. The molecule has 5 nitrogen and oxygen atoms in total. The normalized spacial score (nSPS) is 14.0. The summed E-state index contributed by atoms with van der Waals surface area (Å²) in [7, 11) is 0. The van der Waals surface area contributed by atoms with E-state index in [9.17, 15) is 10.5 Å². The third kappa shape index (κ3) is 3.03. The summed E-state index contributed by atoms with van der Waals surface area (Å²) in [4.78, 5) is 4.41. The van der Waals surface area contributed by atoms with E-state index in [0.717, 1.165) is 44.9 Å². The van der Waals surface area contributed by atoms with Crippen molar-refractivity contribution < 1.29 is 0 Å². The molecule has 0 spiro atoms. The molecule has 0 saturated heterocycles. The summed E-state index contributed by atoms with van der Waals surface area (Å²) in [6.45, 7) is 10.1. The molecule has 0 radical (unpaired) electrons. The first-order valence-corrected chi connectivity index (χ1v) is 10.1. The molecular formula is C26H23N5. The molecule has 2 aromatic heterocycles. The molecule has 31 heavy (non-hydrogen) atoms. The van der Waals surface area contributed by atoms with Gasteiger partial charge in [-0.1, -0.05) is 12.1 Å². The third-order valence-corrected chi connectivity index (χ3v) is 6.01. The number of pyridine rings is 1. The number of aromatic nitrogens is 2. The van der Waals surface area contributed by atoms with Gasteiger partial charge in [0, 0.05) is 22.6 Å². The van der Waals surface area contributed by atoms with Crippen LogP contribution in [0.4, 0.5) is 5.82 Å². The Morgan fingerprint density at radius 2 is 1.77 bits per heavy atom. The summed E-state index contributed by atoms with van der Waals surface area (Å²) in [5.74, 6) is 0.165. The number of hydrogen-bond acceptors (Lipinski definition) is 4. The third-order valence-electron chi connectivity index (χ3n) is 6.01. The van der Waals surface area contributed by atoms with Gasteiger partial charge in [0.05, 0.1) is 16.8 Å². The molecule has 5 heteroatoms. The number of benzene rings is 1. The van der Waals surface area contributed by atoms with Gasteiger partial charge in [-0.05, 0) is 86.7 Å². The topological polar surface area (TPSA) is 91.4 Å². The number of nitrogen functional groups attached to an aromatic ring is 1. The summed E-state index contributed by atoms with van der Waals surface area (Å²) < 4.78 is 2.23. The van der Waals surface area contributed by atoms with Crippen molar-refractivity contribution in [3.05, 3.63) is 80.8 Å². The fourth-order valence-electron chi connectivity index (χ4n) is 4.45. The van der Waals surface area contributed by atoms with Crippen molar-refractivity contribution in [1.29, 1.82) is 10.5 Å². The molecule has 1 aromatic carbocycles. The Kier molecular flexibility index (Phi) is 4.76. The van der Waals surface area contributed by atoms with Crippen LogP contribution in [0.3, 0.4) is 0 Å². The number of hydrogen-bond donors (Lipinski definition) is 1. The Morgan fingerprint density at radius 1 is 1.03 bits per heavy atom. The lowest BCUT2D eigenvalue weighted by Crippen LogP contribution is -2.03. The Labute approximate surface area is 182 Å². The van der Waals surface area contributed by atoms with Gasteiger partial charge >= 0.3 is 0 Å². The smallest absolute Gasteiger partial charge is 0.142 e. The van der Waals surface area contributed by atoms with Gasteiger partial charge in [0.2, 0.25) is 0 Å². The molecule has 4 rings (SSSR count). The lowest BCUT2D eigenvalue weighted by atomic mass is 9.95. The lowest BCUT2D eigenvalue weighted by Gasteiger charge is -2.12. The molecule has 3 aromatic rings. The first-order valence-electron chi connectivity index (χ1n) is 10.1. The van der Waals surface area contributed by atoms with E-state index in [-0.39, 0.29) is 5.82 Å². The number of nitrogens with two attached hydrogens (primary N) is 1. The molecule has 2 heterocycles. The zero-order valence-electron chi connectivity index (χ0n) is 18.3. The van der Waals surface area contributed by atoms with Gasteiger partial charge in [-0.3, -0.25) is 0 Å². The Hall–Kier alpha value is -4.09.